The fourth-order valence-corrected chi connectivity index (χ4v) is 3.65. The molecule has 0 bridgehead atoms. The van der Waals surface area contributed by atoms with Gasteiger partial charge in [0.25, 0.3) is 5.91 Å². The van der Waals surface area contributed by atoms with Gasteiger partial charge < -0.3 is 0 Å². The summed E-state index contributed by atoms with van der Waals surface area (Å²) in [6, 6.07) is 13.6. The maximum absolute atomic E-state index is 13.3. The highest BCUT2D eigenvalue weighted by Gasteiger charge is 2.34. The maximum atomic E-state index is 13.3. The van der Waals surface area contributed by atoms with Gasteiger partial charge in [0.1, 0.15) is 11.5 Å². The number of carbonyl (C=O) groups is 1. The van der Waals surface area contributed by atoms with Gasteiger partial charge in [0.15, 0.2) is 11.3 Å². The van der Waals surface area contributed by atoms with Gasteiger partial charge in [-0.2, -0.15) is 0 Å². The number of amidine groups is 1. The first-order chi connectivity index (χ1) is 12.7. The lowest BCUT2D eigenvalue weighted by molar-refractivity contribution is -0.116. The van der Waals surface area contributed by atoms with Crippen LogP contribution in [0.25, 0.3) is 5.70 Å². The van der Waals surface area contributed by atoms with E-state index in [4.69, 9.17) is 4.99 Å². The second-order valence-electron chi connectivity index (χ2n) is 5.97. The summed E-state index contributed by atoms with van der Waals surface area (Å²) in [5.41, 5.74) is 1.24. The SMILES string of the molecule is CCCSC1=NN2C(=c3ccccc3=N[C@@H]2c2ccc(F)cc2)C(=O)N1. The Labute approximate surface area is 154 Å². The molecule has 1 atom stereocenters. The van der Waals surface area contributed by atoms with E-state index in [9.17, 15) is 9.18 Å². The molecule has 0 unspecified atom stereocenters. The number of hydrogen-bond acceptors (Lipinski definition) is 5. The van der Waals surface area contributed by atoms with E-state index in [2.05, 4.69) is 17.3 Å². The molecule has 2 aliphatic rings. The molecule has 2 aromatic carbocycles. The topological polar surface area (TPSA) is 57.1 Å². The number of hydrogen-bond donors (Lipinski definition) is 1. The molecule has 1 N–H and O–H groups in total. The third kappa shape index (κ3) is 2.99. The molecule has 0 saturated carbocycles. The first-order valence-electron chi connectivity index (χ1n) is 8.42. The summed E-state index contributed by atoms with van der Waals surface area (Å²) < 4.78 is 13.3. The van der Waals surface area contributed by atoms with Crippen LogP contribution < -0.4 is 15.9 Å². The van der Waals surface area contributed by atoms with Gasteiger partial charge in [-0.25, -0.2) is 9.40 Å². The monoisotopic (exact) mass is 368 g/mol. The largest absolute Gasteiger partial charge is 0.298 e. The molecule has 0 spiro atoms. The van der Waals surface area contributed by atoms with Crippen LogP contribution in [-0.2, 0) is 4.79 Å². The highest BCUT2D eigenvalue weighted by Crippen LogP contribution is 2.30. The van der Waals surface area contributed by atoms with Crippen molar-refractivity contribution in [1.29, 1.82) is 0 Å². The second-order valence-corrected chi connectivity index (χ2v) is 7.06. The van der Waals surface area contributed by atoms with Crippen LogP contribution >= 0.6 is 11.8 Å². The molecule has 1 amide bonds. The second kappa shape index (κ2) is 6.92. The Morgan fingerprint density at radius 1 is 1.19 bits per heavy atom. The quantitative estimate of drug-likeness (QED) is 0.903. The number of para-hydroxylation sites is 1. The number of hydrazone groups is 1. The van der Waals surface area contributed by atoms with E-state index in [1.165, 1.54) is 23.9 Å². The molecule has 26 heavy (non-hydrogen) atoms. The van der Waals surface area contributed by atoms with Gasteiger partial charge in [-0.1, -0.05) is 49.0 Å². The average Bonchev–Trinajstić information content (AvgIpc) is 2.66. The van der Waals surface area contributed by atoms with Crippen LogP contribution in [-0.4, -0.2) is 21.8 Å². The number of carbonyl (C=O) groups excluding carboxylic acids is 1. The van der Waals surface area contributed by atoms with Crippen LogP contribution in [0.5, 0.6) is 0 Å². The molecule has 4 rings (SSSR count). The number of thioether (sulfide) groups is 1. The fraction of sp³-hybridized carbons (Fsp3) is 0.211. The minimum Gasteiger partial charge on any atom is -0.298 e. The van der Waals surface area contributed by atoms with Gasteiger partial charge in [0.05, 0.1) is 5.36 Å². The Hall–Kier alpha value is -2.67. The van der Waals surface area contributed by atoms with Crippen molar-refractivity contribution in [2.75, 3.05) is 5.75 Å². The van der Waals surface area contributed by atoms with Crippen molar-refractivity contribution < 1.29 is 9.18 Å². The van der Waals surface area contributed by atoms with E-state index < -0.39 is 6.17 Å². The van der Waals surface area contributed by atoms with Gasteiger partial charge in [-0.15, -0.1) is 5.10 Å². The van der Waals surface area contributed by atoms with E-state index in [1.807, 2.05) is 24.3 Å². The molecule has 132 valence electrons. The summed E-state index contributed by atoms with van der Waals surface area (Å²) in [5, 5.41) is 11.2. The molecule has 7 heteroatoms. The van der Waals surface area contributed by atoms with Crippen molar-refractivity contribution in [3.8, 4) is 0 Å². The molecule has 0 saturated heterocycles. The molecular formula is C19H17FN4OS. The van der Waals surface area contributed by atoms with Crippen molar-refractivity contribution in [1.82, 2.24) is 10.3 Å². The Kier molecular flexibility index (Phi) is 4.46. The third-order valence-corrected chi connectivity index (χ3v) is 5.20. The summed E-state index contributed by atoms with van der Waals surface area (Å²) in [6.45, 7) is 2.07. The number of nitrogens with zero attached hydrogens (tertiary/aromatic N) is 3. The molecule has 5 nitrogen and oxygen atoms in total. The van der Waals surface area contributed by atoms with E-state index in [1.54, 1.807) is 17.1 Å². The van der Waals surface area contributed by atoms with E-state index in [-0.39, 0.29) is 11.7 Å². The molecule has 0 fully saturated rings. The van der Waals surface area contributed by atoms with E-state index in [0.717, 1.165) is 28.3 Å². The smallest absolute Gasteiger partial charge is 0.276 e. The molecule has 2 heterocycles. The van der Waals surface area contributed by atoms with Gasteiger partial charge in [-0.05, 0) is 30.2 Å². The number of amides is 1. The van der Waals surface area contributed by atoms with Gasteiger partial charge >= 0.3 is 0 Å². The van der Waals surface area contributed by atoms with E-state index >= 15 is 0 Å². The Balaban J connectivity index is 1.89. The van der Waals surface area contributed by atoms with Crippen LogP contribution in [0.1, 0.15) is 25.1 Å². The van der Waals surface area contributed by atoms with Crippen molar-refractivity contribution in [2.24, 2.45) is 10.1 Å². The highest BCUT2D eigenvalue weighted by molar-refractivity contribution is 8.13. The normalized spacial score (nSPS) is 18.5. The van der Waals surface area contributed by atoms with Gasteiger partial charge in [0, 0.05) is 11.0 Å². The zero-order chi connectivity index (χ0) is 18.1. The van der Waals surface area contributed by atoms with Crippen LogP contribution in [0, 0.1) is 5.82 Å². The van der Waals surface area contributed by atoms with Crippen LogP contribution in [0.3, 0.4) is 0 Å². The van der Waals surface area contributed by atoms with E-state index in [0.29, 0.717) is 10.9 Å². The predicted octanol–water partition coefficient (Wildman–Crippen LogP) is 2.11. The van der Waals surface area contributed by atoms with Crippen molar-refractivity contribution in [3.63, 3.8) is 0 Å². The summed E-state index contributed by atoms with van der Waals surface area (Å²) in [6.07, 6.45) is 0.467. The summed E-state index contributed by atoms with van der Waals surface area (Å²) >= 11 is 1.50. The summed E-state index contributed by atoms with van der Waals surface area (Å²) in [5.74, 6) is 0.346. The Morgan fingerprint density at radius 3 is 2.73 bits per heavy atom. The van der Waals surface area contributed by atoms with Crippen LogP contribution in [0.4, 0.5) is 4.39 Å². The Morgan fingerprint density at radius 2 is 1.96 bits per heavy atom. The van der Waals surface area contributed by atoms with Crippen LogP contribution in [0.2, 0.25) is 0 Å². The van der Waals surface area contributed by atoms with Gasteiger partial charge in [0.2, 0.25) is 0 Å². The first-order valence-corrected chi connectivity index (χ1v) is 9.40. The van der Waals surface area contributed by atoms with Crippen molar-refractivity contribution in [3.05, 3.63) is 70.5 Å². The van der Waals surface area contributed by atoms with Crippen molar-refractivity contribution in [2.45, 2.75) is 19.5 Å². The average molecular weight is 368 g/mol. The third-order valence-electron chi connectivity index (χ3n) is 4.13. The van der Waals surface area contributed by atoms with Crippen molar-refractivity contribution >= 4 is 28.5 Å². The number of benzene rings is 2. The Bertz CT molecular complexity index is 1000. The lowest BCUT2D eigenvalue weighted by Gasteiger charge is -2.34. The zero-order valence-corrected chi connectivity index (χ0v) is 15.0. The molecule has 2 aliphatic heterocycles. The molecule has 0 aromatic heterocycles. The predicted molar refractivity (Wildman–Crippen MR) is 99.9 cm³/mol. The minimum atomic E-state index is -0.510. The van der Waals surface area contributed by atoms with Gasteiger partial charge in [-0.3, -0.25) is 15.1 Å². The minimum absolute atomic E-state index is 0.201. The molecule has 2 aromatic rings. The maximum Gasteiger partial charge on any atom is 0.276 e. The summed E-state index contributed by atoms with van der Waals surface area (Å²) in [7, 11) is 0. The lowest BCUT2D eigenvalue weighted by atomic mass is 10.1. The fourth-order valence-electron chi connectivity index (χ4n) is 2.94. The lowest BCUT2D eigenvalue weighted by Crippen LogP contribution is -2.50. The highest BCUT2D eigenvalue weighted by atomic mass is 32.2. The number of nitrogens with one attached hydrogen (secondary N) is 1. The number of fused-ring (bicyclic) bond motifs is 2. The molecule has 0 aliphatic carbocycles. The van der Waals surface area contributed by atoms with Crippen LogP contribution in [0.15, 0.2) is 58.6 Å². The number of halogens is 1. The standard InChI is InChI=1S/C19H17FN4OS/c1-2-11-26-19-22-18(25)16-14-5-3-4-6-15(14)21-17(24(16)23-19)12-7-9-13(20)10-8-12/h3-10,17H,2,11H2,1H3,(H,22,23,25)/t17-/m0/s1. The zero-order valence-electron chi connectivity index (χ0n) is 14.1. The number of rotatable bonds is 3. The molecular weight excluding hydrogens is 351 g/mol. The molecule has 0 radical (unpaired) electrons. The first kappa shape index (κ1) is 16.8. The summed E-state index contributed by atoms with van der Waals surface area (Å²) in [4.78, 5) is 17.6.